The van der Waals surface area contributed by atoms with E-state index in [0.717, 1.165) is 33.4 Å². The summed E-state index contributed by atoms with van der Waals surface area (Å²) in [6.07, 6.45) is 2.86. The van der Waals surface area contributed by atoms with E-state index in [1.165, 1.54) is 0 Å². The highest BCUT2D eigenvalue weighted by atomic mass is 16.7. The van der Waals surface area contributed by atoms with Crippen LogP contribution in [0.1, 0.15) is 52.4 Å². The number of phenolic OH excluding ortho intramolecular Hbond substituents is 1. The molecule has 9 nitrogen and oxygen atoms in total. The predicted octanol–water partition coefficient (Wildman–Crippen LogP) is 3.46. The van der Waals surface area contributed by atoms with Gasteiger partial charge in [0.2, 0.25) is 6.79 Å². The minimum Gasteiger partial charge on any atom is -0.504 e. The molecule has 5 atom stereocenters. The lowest BCUT2D eigenvalue weighted by molar-refractivity contribution is -0.0911. The molecule has 2 N–H and O–H groups in total. The molecule has 4 aliphatic heterocycles. The quantitative estimate of drug-likeness (QED) is 0.540. The standard InChI is InChI=1S/C30H35N3O6/c1-6-8-37-28-16(4)29-30(39-14-38-29)24-18(28)11-20-25-23-17(9-15(3)27(36-5)26(23)35)10-19(32(25)7-2)21(12-31)33(20)22(24)13-34/h6,9,19-22,25,34-35H,1,7-8,10-11,13-14H2,2-5H3/t19-,20?,21-,22-,25+/m0/s1. The molecule has 0 aliphatic carbocycles. The zero-order chi connectivity index (χ0) is 27.6. The smallest absolute Gasteiger partial charge is 0.231 e. The van der Waals surface area contributed by atoms with Gasteiger partial charge in [-0.25, -0.2) is 0 Å². The number of aliphatic hydroxyl groups is 1. The lowest BCUT2D eigenvalue weighted by Crippen LogP contribution is -2.69. The molecular weight excluding hydrogens is 498 g/mol. The number of methoxy groups -OCH3 is 1. The number of nitrogens with zero attached hydrogens (tertiary/aromatic N) is 3. The molecule has 2 bridgehead atoms. The van der Waals surface area contributed by atoms with E-state index in [4.69, 9.17) is 18.9 Å². The number of aliphatic hydroxyl groups excluding tert-OH is 1. The van der Waals surface area contributed by atoms with Crippen LogP contribution in [0.2, 0.25) is 0 Å². The third-order valence-corrected chi connectivity index (χ3v) is 8.97. The van der Waals surface area contributed by atoms with Gasteiger partial charge < -0.3 is 29.2 Å². The van der Waals surface area contributed by atoms with Gasteiger partial charge in [0.15, 0.2) is 23.0 Å². The van der Waals surface area contributed by atoms with E-state index < -0.39 is 12.1 Å². The van der Waals surface area contributed by atoms with Crippen molar-refractivity contribution in [1.82, 2.24) is 9.80 Å². The van der Waals surface area contributed by atoms with E-state index in [9.17, 15) is 15.5 Å². The molecule has 39 heavy (non-hydrogen) atoms. The number of aromatic hydroxyl groups is 1. The van der Waals surface area contributed by atoms with Crippen molar-refractivity contribution in [3.63, 3.8) is 0 Å². The number of ether oxygens (including phenoxy) is 4. The van der Waals surface area contributed by atoms with Gasteiger partial charge in [0.05, 0.1) is 31.9 Å². The Morgan fingerprint density at radius 2 is 1.95 bits per heavy atom. The Kier molecular flexibility index (Phi) is 6.37. The van der Waals surface area contributed by atoms with Crippen LogP contribution in [-0.2, 0) is 12.8 Å². The Morgan fingerprint density at radius 3 is 2.62 bits per heavy atom. The number of likely N-dealkylation sites (N-methyl/N-ethyl adjacent to an activating group) is 1. The van der Waals surface area contributed by atoms with Gasteiger partial charge in [0.25, 0.3) is 0 Å². The number of phenols is 1. The summed E-state index contributed by atoms with van der Waals surface area (Å²) in [5.74, 6) is 2.56. The molecule has 4 aliphatic rings. The van der Waals surface area contributed by atoms with Gasteiger partial charge in [0, 0.05) is 34.3 Å². The van der Waals surface area contributed by atoms with E-state index in [1.807, 2.05) is 13.8 Å². The summed E-state index contributed by atoms with van der Waals surface area (Å²) < 4.78 is 23.7. The highest BCUT2D eigenvalue weighted by Gasteiger charge is 2.57. The first-order valence-corrected chi connectivity index (χ1v) is 13.5. The molecular formula is C30H35N3O6. The van der Waals surface area contributed by atoms with E-state index >= 15 is 0 Å². The van der Waals surface area contributed by atoms with Gasteiger partial charge in [0.1, 0.15) is 18.4 Å². The van der Waals surface area contributed by atoms with Gasteiger partial charge in [-0.05, 0) is 44.4 Å². The molecule has 9 heteroatoms. The number of rotatable bonds is 6. The van der Waals surface area contributed by atoms with Crippen LogP contribution in [0, 0.1) is 25.2 Å². The normalized spacial score (nSPS) is 26.7. The maximum absolute atomic E-state index is 11.6. The molecule has 2 aromatic carbocycles. The average Bonchev–Trinajstić information content (AvgIpc) is 3.42. The third-order valence-electron chi connectivity index (χ3n) is 8.97. The van der Waals surface area contributed by atoms with Crippen LogP contribution in [0.3, 0.4) is 0 Å². The highest BCUT2D eigenvalue weighted by molar-refractivity contribution is 5.66. The predicted molar refractivity (Wildman–Crippen MR) is 144 cm³/mol. The van der Waals surface area contributed by atoms with Gasteiger partial charge >= 0.3 is 0 Å². The third kappa shape index (κ3) is 3.48. The Bertz CT molecular complexity index is 1380. The summed E-state index contributed by atoms with van der Waals surface area (Å²) in [7, 11) is 1.57. The fourth-order valence-corrected chi connectivity index (χ4v) is 7.62. The first-order chi connectivity index (χ1) is 18.9. The van der Waals surface area contributed by atoms with Crippen LogP contribution in [0.5, 0.6) is 28.7 Å². The number of nitriles is 1. The number of benzene rings is 2. The number of hydrogen-bond acceptors (Lipinski definition) is 9. The monoisotopic (exact) mass is 533 g/mol. The summed E-state index contributed by atoms with van der Waals surface area (Å²) >= 11 is 0. The Morgan fingerprint density at radius 1 is 1.18 bits per heavy atom. The molecule has 0 spiro atoms. The minimum atomic E-state index is -0.509. The van der Waals surface area contributed by atoms with Crippen molar-refractivity contribution in [3.05, 3.63) is 52.1 Å². The van der Waals surface area contributed by atoms with E-state index in [2.05, 4.69) is 35.4 Å². The second kappa shape index (κ2) is 9.63. The van der Waals surface area contributed by atoms with Gasteiger partial charge in [-0.15, -0.1) is 0 Å². The number of fused-ring (bicyclic) bond motifs is 9. The fourth-order valence-electron chi connectivity index (χ4n) is 7.62. The van der Waals surface area contributed by atoms with Crippen molar-refractivity contribution in [1.29, 1.82) is 5.26 Å². The van der Waals surface area contributed by atoms with Crippen molar-refractivity contribution in [3.8, 4) is 34.8 Å². The number of hydrogen-bond donors (Lipinski definition) is 2. The summed E-state index contributed by atoms with van der Waals surface area (Å²) in [4.78, 5) is 4.50. The summed E-state index contributed by atoms with van der Waals surface area (Å²) in [5.41, 5.74) is 5.36. The number of piperazine rings is 1. The van der Waals surface area contributed by atoms with E-state index in [1.54, 1.807) is 13.2 Å². The van der Waals surface area contributed by atoms with Crippen LogP contribution in [-0.4, -0.2) is 71.8 Å². The van der Waals surface area contributed by atoms with Crippen molar-refractivity contribution < 1.29 is 29.2 Å². The largest absolute Gasteiger partial charge is 0.504 e. The molecule has 0 amide bonds. The van der Waals surface area contributed by atoms with Gasteiger partial charge in [-0.3, -0.25) is 9.80 Å². The van der Waals surface area contributed by atoms with Gasteiger partial charge in [-0.2, -0.15) is 5.26 Å². The van der Waals surface area contributed by atoms with E-state index in [-0.39, 0.29) is 37.3 Å². The second-order valence-electron chi connectivity index (χ2n) is 10.7. The minimum absolute atomic E-state index is 0.0893. The summed E-state index contributed by atoms with van der Waals surface area (Å²) in [6, 6.07) is 3.15. The van der Waals surface area contributed by atoms with Crippen LogP contribution in [0.25, 0.3) is 0 Å². The van der Waals surface area contributed by atoms with Crippen molar-refractivity contribution >= 4 is 0 Å². The second-order valence-corrected chi connectivity index (χ2v) is 10.7. The zero-order valence-corrected chi connectivity index (χ0v) is 22.9. The molecule has 1 unspecified atom stereocenters. The molecule has 2 aromatic rings. The van der Waals surface area contributed by atoms with Crippen LogP contribution in [0.15, 0.2) is 18.7 Å². The Labute approximate surface area is 228 Å². The first kappa shape index (κ1) is 25.8. The highest BCUT2D eigenvalue weighted by Crippen LogP contribution is 2.58. The molecule has 206 valence electrons. The molecule has 1 fully saturated rings. The maximum atomic E-state index is 11.6. The molecule has 4 heterocycles. The van der Waals surface area contributed by atoms with Crippen LogP contribution in [0.4, 0.5) is 0 Å². The topological polar surface area (TPSA) is 108 Å². The van der Waals surface area contributed by atoms with Gasteiger partial charge in [-0.1, -0.05) is 25.6 Å². The number of aryl methyl sites for hydroxylation is 1. The lowest BCUT2D eigenvalue weighted by Gasteiger charge is -2.60. The maximum Gasteiger partial charge on any atom is 0.231 e. The van der Waals surface area contributed by atoms with Crippen molar-refractivity contribution in [2.45, 2.75) is 63.8 Å². The van der Waals surface area contributed by atoms with Crippen LogP contribution >= 0.6 is 0 Å². The van der Waals surface area contributed by atoms with Crippen molar-refractivity contribution in [2.24, 2.45) is 0 Å². The van der Waals surface area contributed by atoms with Crippen LogP contribution < -0.4 is 18.9 Å². The average molecular weight is 534 g/mol. The summed E-state index contributed by atoms with van der Waals surface area (Å²) in [6.45, 7) is 10.7. The molecule has 0 aromatic heterocycles. The Balaban J connectivity index is 1.62. The fraction of sp³-hybridized carbons (Fsp3) is 0.500. The van der Waals surface area contributed by atoms with Crippen molar-refractivity contribution in [2.75, 3.05) is 33.7 Å². The zero-order valence-electron chi connectivity index (χ0n) is 22.9. The molecule has 0 saturated carbocycles. The SMILES string of the molecule is C=CCOc1c(C)c2c(c3c1CC1[C@@H]4c5c(cc(C)c(OC)c5O)C[C@@H]([C@H](C#N)N1[C@H]3CO)N4CC)OCO2. The lowest BCUT2D eigenvalue weighted by atomic mass is 9.71. The van der Waals surface area contributed by atoms with E-state index in [0.29, 0.717) is 49.0 Å². The summed E-state index contributed by atoms with van der Waals surface area (Å²) in [5, 5.41) is 33.1. The molecule has 1 saturated heterocycles. The Hall–Kier alpha value is -3.45. The molecule has 6 rings (SSSR count). The first-order valence-electron chi connectivity index (χ1n) is 13.5. The molecule has 0 radical (unpaired) electrons.